The smallest absolute Gasteiger partial charge is 0.286 e. The van der Waals surface area contributed by atoms with Gasteiger partial charge >= 0.3 is 0 Å². The lowest BCUT2D eigenvalue weighted by Gasteiger charge is -2.27. The zero-order valence-corrected chi connectivity index (χ0v) is 16.8. The molecule has 2 N–H and O–H groups in total. The Morgan fingerprint density at radius 2 is 1.82 bits per heavy atom. The van der Waals surface area contributed by atoms with Crippen molar-refractivity contribution in [3.05, 3.63) is 48.5 Å². The van der Waals surface area contributed by atoms with Gasteiger partial charge in [0.2, 0.25) is 5.91 Å². The molecule has 3 rings (SSSR count). The molecule has 0 saturated heterocycles. The van der Waals surface area contributed by atoms with Crippen molar-refractivity contribution < 1.29 is 17.9 Å². The molecule has 0 aromatic heterocycles. The highest BCUT2D eigenvalue weighted by Gasteiger charge is 2.30. The van der Waals surface area contributed by atoms with Gasteiger partial charge in [-0.3, -0.25) is 4.79 Å². The predicted molar refractivity (Wildman–Crippen MR) is 109 cm³/mol. The number of para-hydroxylation sites is 3. The molecule has 8 heteroatoms. The fraction of sp³-hybridized carbons (Fsp3) is 0.300. The van der Waals surface area contributed by atoms with Crippen LogP contribution in [0.5, 0.6) is 5.75 Å². The highest BCUT2D eigenvalue weighted by molar-refractivity contribution is 7.90. The van der Waals surface area contributed by atoms with Gasteiger partial charge in [0.15, 0.2) is 0 Å². The molecule has 2 aromatic rings. The van der Waals surface area contributed by atoms with E-state index in [-0.39, 0.29) is 17.2 Å². The number of ether oxygens (including phenoxy) is 1. The summed E-state index contributed by atoms with van der Waals surface area (Å²) in [6, 6.07) is 13.8. The van der Waals surface area contributed by atoms with Crippen LogP contribution in [0.4, 0.5) is 11.4 Å². The van der Waals surface area contributed by atoms with E-state index in [1.165, 1.54) is 6.07 Å². The van der Waals surface area contributed by atoms with Gasteiger partial charge in [-0.15, -0.1) is 4.40 Å². The Kier molecular flexibility index (Phi) is 5.42. The average Bonchev–Trinajstić information content (AvgIpc) is 2.60. The monoisotopic (exact) mass is 401 g/mol. The number of rotatable bonds is 6. The Balaban J connectivity index is 1.70. The number of amides is 1. The van der Waals surface area contributed by atoms with Crippen molar-refractivity contribution in [2.45, 2.75) is 31.6 Å². The van der Waals surface area contributed by atoms with E-state index in [0.717, 1.165) is 0 Å². The van der Waals surface area contributed by atoms with Crippen molar-refractivity contribution in [2.24, 2.45) is 9.81 Å². The summed E-state index contributed by atoms with van der Waals surface area (Å²) in [5.74, 6) is 0.720. The van der Waals surface area contributed by atoms with Crippen molar-refractivity contribution in [1.82, 2.24) is 0 Å². The molecule has 0 unspecified atom stereocenters. The Morgan fingerprint density at radius 3 is 2.57 bits per heavy atom. The molecular formula is C20H23N3O4S. The fourth-order valence-corrected chi connectivity index (χ4v) is 4.28. The lowest BCUT2D eigenvalue weighted by atomic mass is 9.84. The second-order valence-electron chi connectivity index (χ2n) is 7.40. The molecule has 0 radical (unpaired) electrons. The molecular weight excluding hydrogens is 378 g/mol. The Hall–Kier alpha value is -2.87. The van der Waals surface area contributed by atoms with Crippen LogP contribution in [0.15, 0.2) is 57.8 Å². The third kappa shape index (κ3) is 4.51. The minimum atomic E-state index is -3.74. The summed E-state index contributed by atoms with van der Waals surface area (Å²) in [5, 5.41) is 5.91. The molecule has 7 nitrogen and oxygen atoms in total. The van der Waals surface area contributed by atoms with Crippen molar-refractivity contribution in [1.29, 1.82) is 0 Å². The number of nitrogens with one attached hydrogen (secondary N) is 2. The van der Waals surface area contributed by atoms with E-state index >= 15 is 0 Å². The third-order valence-corrected chi connectivity index (χ3v) is 5.71. The second kappa shape index (κ2) is 7.63. The van der Waals surface area contributed by atoms with Gasteiger partial charge < -0.3 is 15.4 Å². The number of anilines is 2. The highest BCUT2D eigenvalue weighted by atomic mass is 32.2. The first-order valence-electron chi connectivity index (χ1n) is 8.83. The summed E-state index contributed by atoms with van der Waals surface area (Å²) in [6.45, 7) is 3.79. The topological polar surface area (TPSA) is 96.9 Å². The number of nitrogens with zero attached hydrogens (tertiary/aromatic N) is 1. The molecule has 0 aliphatic carbocycles. The molecule has 148 valence electrons. The van der Waals surface area contributed by atoms with Crippen LogP contribution in [0.2, 0.25) is 0 Å². The summed E-state index contributed by atoms with van der Waals surface area (Å²) in [5.41, 5.74) is 0.580. The number of benzene rings is 2. The van der Waals surface area contributed by atoms with Crippen LogP contribution in [0.3, 0.4) is 0 Å². The minimum Gasteiger partial charge on any atom is -0.495 e. The van der Waals surface area contributed by atoms with Crippen LogP contribution in [0.1, 0.15) is 26.7 Å². The summed E-state index contributed by atoms with van der Waals surface area (Å²) in [6.07, 6.45) is 0.493. The van der Waals surface area contributed by atoms with E-state index in [2.05, 4.69) is 15.0 Å². The number of fused-ring (bicyclic) bond motifs is 1. The number of amidine groups is 1. The second-order valence-corrected chi connectivity index (χ2v) is 8.97. The molecule has 1 aliphatic heterocycles. The summed E-state index contributed by atoms with van der Waals surface area (Å²) >= 11 is 0. The van der Waals surface area contributed by atoms with Crippen molar-refractivity contribution >= 4 is 33.1 Å². The van der Waals surface area contributed by atoms with E-state index in [1.54, 1.807) is 37.4 Å². The number of methoxy groups -OCH3 is 1. The molecule has 0 spiro atoms. The number of hydrogen-bond donors (Lipinski definition) is 2. The zero-order chi connectivity index (χ0) is 20.4. The molecule has 0 bridgehead atoms. The zero-order valence-electron chi connectivity index (χ0n) is 16.0. The number of hydrogen-bond acceptors (Lipinski definition) is 5. The molecule has 1 amide bonds. The quantitative estimate of drug-likeness (QED) is 0.770. The van der Waals surface area contributed by atoms with Gasteiger partial charge in [0, 0.05) is 12.8 Å². The van der Waals surface area contributed by atoms with Gasteiger partial charge in [0.1, 0.15) is 16.5 Å². The van der Waals surface area contributed by atoms with Gasteiger partial charge in [-0.25, -0.2) is 0 Å². The van der Waals surface area contributed by atoms with Crippen molar-refractivity contribution in [3.8, 4) is 5.75 Å². The molecule has 1 aliphatic rings. The number of sulfonamides is 1. The van der Waals surface area contributed by atoms with Gasteiger partial charge in [-0.1, -0.05) is 38.1 Å². The SMILES string of the molecule is COc1ccccc1NC(=O)CC(C)(C)CC1=NS(=O)(=O)c2ccccc2N1. The summed E-state index contributed by atoms with van der Waals surface area (Å²) in [4.78, 5) is 12.7. The molecule has 28 heavy (non-hydrogen) atoms. The largest absolute Gasteiger partial charge is 0.495 e. The maximum atomic E-state index is 12.5. The summed E-state index contributed by atoms with van der Waals surface area (Å²) < 4.78 is 33.9. The minimum absolute atomic E-state index is 0.158. The first kappa shape index (κ1) is 19.9. The molecule has 1 heterocycles. The van der Waals surface area contributed by atoms with Gasteiger partial charge in [-0.2, -0.15) is 8.42 Å². The van der Waals surface area contributed by atoms with E-state index in [9.17, 15) is 13.2 Å². The van der Waals surface area contributed by atoms with Gasteiger partial charge in [-0.05, 0) is 29.7 Å². The highest BCUT2D eigenvalue weighted by Crippen LogP contribution is 2.32. The van der Waals surface area contributed by atoms with Gasteiger partial charge in [0.25, 0.3) is 10.0 Å². The van der Waals surface area contributed by atoms with Crippen molar-refractivity contribution in [3.63, 3.8) is 0 Å². The van der Waals surface area contributed by atoms with Crippen LogP contribution >= 0.6 is 0 Å². The van der Waals surface area contributed by atoms with E-state index in [1.807, 2.05) is 26.0 Å². The Morgan fingerprint density at radius 1 is 1.14 bits per heavy atom. The van der Waals surface area contributed by atoms with E-state index < -0.39 is 15.4 Å². The first-order valence-corrected chi connectivity index (χ1v) is 10.3. The van der Waals surface area contributed by atoms with E-state index in [4.69, 9.17) is 4.74 Å². The fourth-order valence-electron chi connectivity index (χ4n) is 3.14. The van der Waals surface area contributed by atoms with Crippen LogP contribution in [0, 0.1) is 5.41 Å². The maximum Gasteiger partial charge on any atom is 0.286 e. The van der Waals surface area contributed by atoms with Crippen LogP contribution in [-0.4, -0.2) is 27.3 Å². The molecule has 0 fully saturated rings. The first-order chi connectivity index (χ1) is 13.2. The number of carbonyl (C=O) groups excluding carboxylic acids is 1. The van der Waals surface area contributed by atoms with Crippen molar-refractivity contribution in [2.75, 3.05) is 17.7 Å². The Labute approximate surface area is 164 Å². The lowest BCUT2D eigenvalue weighted by Crippen LogP contribution is -2.30. The summed E-state index contributed by atoms with van der Waals surface area (Å²) in [7, 11) is -2.20. The maximum absolute atomic E-state index is 12.5. The predicted octanol–water partition coefficient (Wildman–Crippen LogP) is 3.65. The number of carbonyl (C=O) groups is 1. The van der Waals surface area contributed by atoms with Crippen LogP contribution in [-0.2, 0) is 14.8 Å². The van der Waals surface area contributed by atoms with E-state index in [0.29, 0.717) is 29.4 Å². The molecule has 0 atom stereocenters. The molecule has 2 aromatic carbocycles. The average molecular weight is 401 g/mol. The normalized spacial score (nSPS) is 15.0. The van der Waals surface area contributed by atoms with Gasteiger partial charge in [0.05, 0.1) is 18.5 Å². The Bertz CT molecular complexity index is 1030. The molecule has 0 saturated carbocycles. The lowest BCUT2D eigenvalue weighted by molar-refractivity contribution is -0.117. The van der Waals surface area contributed by atoms with Crippen LogP contribution < -0.4 is 15.4 Å². The standard InChI is InChI=1S/C20H23N3O4S/c1-20(2,13-19(24)22-14-8-4-6-10-16(14)27-3)12-18-21-15-9-5-7-11-17(15)28(25,26)23-18/h4-11H,12-13H2,1-3H3,(H,21,23)(H,22,24). The third-order valence-electron chi connectivity index (χ3n) is 4.34. The van der Waals surface area contributed by atoms with Crippen LogP contribution in [0.25, 0.3) is 0 Å².